The zero-order chi connectivity index (χ0) is 13.5. The Morgan fingerprint density at radius 2 is 2.06 bits per heavy atom. The lowest BCUT2D eigenvalue weighted by Crippen LogP contribution is -2.51. The van der Waals surface area contributed by atoms with Crippen LogP contribution in [0.4, 0.5) is 0 Å². The normalized spacial score (nSPS) is 23.8. The fourth-order valence-electron chi connectivity index (χ4n) is 2.88. The van der Waals surface area contributed by atoms with Gasteiger partial charge in [0.1, 0.15) is 0 Å². The van der Waals surface area contributed by atoms with Crippen molar-refractivity contribution in [2.75, 3.05) is 40.3 Å². The number of hydrogen-bond donors (Lipinski definition) is 1. The third-order valence-electron chi connectivity index (χ3n) is 4.16. The molecule has 1 rings (SSSR count). The van der Waals surface area contributed by atoms with E-state index in [1.54, 1.807) is 0 Å². The number of hydrogen-bond acceptors (Lipinski definition) is 3. The van der Waals surface area contributed by atoms with Gasteiger partial charge in [-0.05, 0) is 52.4 Å². The zero-order valence-electron chi connectivity index (χ0n) is 13.1. The van der Waals surface area contributed by atoms with Crippen LogP contribution in [0.15, 0.2) is 0 Å². The molecule has 3 nitrogen and oxygen atoms in total. The van der Waals surface area contributed by atoms with Crippen LogP contribution in [-0.4, -0.2) is 62.2 Å². The molecular weight excluding hydrogens is 222 g/mol. The molecule has 1 saturated heterocycles. The van der Waals surface area contributed by atoms with Gasteiger partial charge in [-0.1, -0.05) is 20.8 Å². The summed E-state index contributed by atoms with van der Waals surface area (Å²) < 4.78 is 0. The van der Waals surface area contributed by atoms with Gasteiger partial charge in [0.05, 0.1) is 0 Å². The smallest absolute Gasteiger partial charge is 0.0223 e. The summed E-state index contributed by atoms with van der Waals surface area (Å²) in [4.78, 5) is 5.09. The molecule has 1 N–H and O–H groups in total. The van der Waals surface area contributed by atoms with E-state index in [0.29, 0.717) is 6.04 Å². The SMILES string of the molecule is CCC(CNCC(C)C)N(C)C1CCCN(C)C1. The highest BCUT2D eigenvalue weighted by atomic mass is 15.2. The molecule has 3 heteroatoms. The van der Waals surface area contributed by atoms with E-state index in [9.17, 15) is 0 Å². The molecule has 1 aliphatic heterocycles. The fraction of sp³-hybridized carbons (Fsp3) is 1.00. The maximum Gasteiger partial charge on any atom is 0.0223 e. The summed E-state index contributed by atoms with van der Waals surface area (Å²) in [5.74, 6) is 0.744. The Kier molecular flexibility index (Phi) is 7.20. The summed E-state index contributed by atoms with van der Waals surface area (Å²) in [6, 6.07) is 1.43. The molecule has 108 valence electrons. The second kappa shape index (κ2) is 8.13. The van der Waals surface area contributed by atoms with E-state index in [0.717, 1.165) is 25.0 Å². The predicted molar refractivity (Wildman–Crippen MR) is 80.1 cm³/mol. The molecule has 0 aromatic heterocycles. The van der Waals surface area contributed by atoms with Gasteiger partial charge >= 0.3 is 0 Å². The monoisotopic (exact) mass is 255 g/mol. The standard InChI is InChI=1S/C15H33N3/c1-6-14(11-16-10-13(2)3)18(5)15-8-7-9-17(4)12-15/h13-16H,6-12H2,1-5H3. The summed E-state index contributed by atoms with van der Waals surface area (Å²) in [6.07, 6.45) is 3.95. The highest BCUT2D eigenvalue weighted by Crippen LogP contribution is 2.16. The highest BCUT2D eigenvalue weighted by molar-refractivity contribution is 4.82. The molecule has 2 unspecified atom stereocenters. The molecule has 18 heavy (non-hydrogen) atoms. The molecule has 0 aromatic carbocycles. The zero-order valence-corrected chi connectivity index (χ0v) is 13.1. The summed E-state index contributed by atoms with van der Waals surface area (Å²) >= 11 is 0. The average molecular weight is 255 g/mol. The Morgan fingerprint density at radius 1 is 1.33 bits per heavy atom. The topological polar surface area (TPSA) is 18.5 Å². The Bertz CT molecular complexity index is 218. The van der Waals surface area contributed by atoms with Crippen LogP contribution in [0.5, 0.6) is 0 Å². The van der Waals surface area contributed by atoms with Gasteiger partial charge < -0.3 is 10.2 Å². The van der Waals surface area contributed by atoms with Gasteiger partial charge in [0, 0.05) is 25.2 Å². The van der Waals surface area contributed by atoms with Crippen molar-refractivity contribution in [2.24, 2.45) is 5.92 Å². The van der Waals surface area contributed by atoms with E-state index in [4.69, 9.17) is 0 Å². The number of likely N-dealkylation sites (tertiary alicyclic amines) is 1. The summed E-state index contributed by atoms with van der Waals surface area (Å²) in [5.41, 5.74) is 0. The Morgan fingerprint density at radius 3 is 2.61 bits per heavy atom. The molecule has 1 fully saturated rings. The van der Waals surface area contributed by atoms with Crippen LogP contribution in [0, 0.1) is 5.92 Å². The van der Waals surface area contributed by atoms with E-state index in [2.05, 4.69) is 50.0 Å². The molecule has 0 aliphatic carbocycles. The van der Waals surface area contributed by atoms with Crippen LogP contribution in [0.2, 0.25) is 0 Å². The van der Waals surface area contributed by atoms with E-state index in [1.807, 2.05) is 0 Å². The number of piperidine rings is 1. The maximum atomic E-state index is 3.61. The Hall–Kier alpha value is -0.120. The molecule has 2 atom stereocenters. The molecule has 1 heterocycles. The third-order valence-corrected chi connectivity index (χ3v) is 4.16. The van der Waals surface area contributed by atoms with Crippen molar-refractivity contribution >= 4 is 0 Å². The van der Waals surface area contributed by atoms with Gasteiger partial charge in [-0.15, -0.1) is 0 Å². The van der Waals surface area contributed by atoms with Gasteiger partial charge in [-0.25, -0.2) is 0 Å². The van der Waals surface area contributed by atoms with Crippen molar-refractivity contribution in [1.82, 2.24) is 15.1 Å². The van der Waals surface area contributed by atoms with Crippen LogP contribution in [0.3, 0.4) is 0 Å². The van der Waals surface area contributed by atoms with E-state index >= 15 is 0 Å². The number of rotatable bonds is 7. The van der Waals surface area contributed by atoms with Crippen LogP contribution in [-0.2, 0) is 0 Å². The van der Waals surface area contributed by atoms with Gasteiger partial charge in [0.2, 0.25) is 0 Å². The van der Waals surface area contributed by atoms with E-state index in [-0.39, 0.29) is 0 Å². The Labute approximate surface area is 114 Å². The molecule has 0 aromatic rings. The van der Waals surface area contributed by atoms with Gasteiger partial charge in [-0.3, -0.25) is 4.90 Å². The number of nitrogens with zero attached hydrogens (tertiary/aromatic N) is 2. The third kappa shape index (κ3) is 5.25. The van der Waals surface area contributed by atoms with E-state index < -0.39 is 0 Å². The van der Waals surface area contributed by atoms with Crippen molar-refractivity contribution in [3.8, 4) is 0 Å². The van der Waals surface area contributed by atoms with E-state index in [1.165, 1.54) is 32.4 Å². The minimum Gasteiger partial charge on any atom is -0.315 e. The number of nitrogens with one attached hydrogen (secondary N) is 1. The lowest BCUT2D eigenvalue weighted by Gasteiger charge is -2.40. The minimum absolute atomic E-state index is 0.681. The molecule has 0 amide bonds. The van der Waals surface area contributed by atoms with Crippen molar-refractivity contribution in [1.29, 1.82) is 0 Å². The molecule has 1 aliphatic rings. The predicted octanol–water partition coefficient (Wildman–Crippen LogP) is 2.04. The average Bonchev–Trinajstić information content (AvgIpc) is 2.33. The second-order valence-electron chi connectivity index (χ2n) is 6.34. The summed E-state index contributed by atoms with van der Waals surface area (Å²) in [5, 5.41) is 3.61. The lowest BCUT2D eigenvalue weighted by atomic mass is 10.0. The van der Waals surface area contributed by atoms with Crippen molar-refractivity contribution < 1.29 is 0 Å². The lowest BCUT2D eigenvalue weighted by molar-refractivity contribution is 0.0955. The number of likely N-dealkylation sites (N-methyl/N-ethyl adjacent to an activating group) is 2. The highest BCUT2D eigenvalue weighted by Gasteiger charge is 2.25. The summed E-state index contributed by atoms with van der Waals surface area (Å²) in [7, 11) is 4.56. The van der Waals surface area contributed by atoms with Crippen LogP contribution in [0.1, 0.15) is 40.0 Å². The van der Waals surface area contributed by atoms with Crippen LogP contribution < -0.4 is 5.32 Å². The first-order valence-corrected chi connectivity index (χ1v) is 7.65. The quantitative estimate of drug-likeness (QED) is 0.751. The largest absolute Gasteiger partial charge is 0.315 e. The second-order valence-corrected chi connectivity index (χ2v) is 6.34. The molecule has 0 saturated carbocycles. The first kappa shape index (κ1) is 15.9. The Balaban J connectivity index is 2.37. The van der Waals surface area contributed by atoms with Crippen molar-refractivity contribution in [2.45, 2.75) is 52.1 Å². The van der Waals surface area contributed by atoms with Gasteiger partial charge in [0.15, 0.2) is 0 Å². The fourth-order valence-corrected chi connectivity index (χ4v) is 2.88. The minimum atomic E-state index is 0.681. The first-order valence-electron chi connectivity index (χ1n) is 7.65. The van der Waals surface area contributed by atoms with Crippen molar-refractivity contribution in [3.63, 3.8) is 0 Å². The molecular formula is C15H33N3. The molecule has 0 spiro atoms. The van der Waals surface area contributed by atoms with Crippen molar-refractivity contribution in [3.05, 3.63) is 0 Å². The van der Waals surface area contributed by atoms with Gasteiger partial charge in [-0.2, -0.15) is 0 Å². The molecule has 0 bridgehead atoms. The molecule has 0 radical (unpaired) electrons. The van der Waals surface area contributed by atoms with Crippen LogP contribution >= 0.6 is 0 Å². The first-order chi connectivity index (χ1) is 8.54. The van der Waals surface area contributed by atoms with Gasteiger partial charge in [0.25, 0.3) is 0 Å². The van der Waals surface area contributed by atoms with Crippen LogP contribution in [0.25, 0.3) is 0 Å². The maximum absolute atomic E-state index is 3.61. The summed E-state index contributed by atoms with van der Waals surface area (Å²) in [6.45, 7) is 11.6.